The van der Waals surface area contributed by atoms with Crippen LogP contribution in [0.25, 0.3) is 10.9 Å². The highest BCUT2D eigenvalue weighted by Crippen LogP contribution is 2.40. The van der Waals surface area contributed by atoms with Crippen molar-refractivity contribution in [3.05, 3.63) is 48.4 Å². The van der Waals surface area contributed by atoms with Crippen molar-refractivity contribution in [3.8, 4) is 17.2 Å². The zero-order valence-corrected chi connectivity index (χ0v) is 14.1. The number of hydrogen-bond donors (Lipinski definition) is 1. The molecule has 0 fully saturated rings. The maximum Gasteiger partial charge on any atom is 0.275 e. The average Bonchev–Trinajstić information content (AvgIpc) is 2.66. The maximum atomic E-state index is 12.7. The molecule has 0 aliphatic heterocycles. The summed E-state index contributed by atoms with van der Waals surface area (Å²) in [4.78, 5) is 20.9. The van der Waals surface area contributed by atoms with Crippen molar-refractivity contribution in [3.63, 3.8) is 0 Å². The molecule has 0 atom stereocenters. The van der Waals surface area contributed by atoms with E-state index in [1.807, 2.05) is 18.2 Å². The quantitative estimate of drug-likeness (QED) is 0.769. The molecular formula is C18H17N3O4. The molecule has 128 valence electrons. The third-order valence-electron chi connectivity index (χ3n) is 3.68. The van der Waals surface area contributed by atoms with Gasteiger partial charge in [-0.1, -0.05) is 18.2 Å². The Kier molecular flexibility index (Phi) is 4.65. The van der Waals surface area contributed by atoms with Crippen LogP contribution in [-0.2, 0) is 0 Å². The number of hydrogen-bond acceptors (Lipinski definition) is 6. The van der Waals surface area contributed by atoms with E-state index in [0.717, 1.165) is 0 Å². The van der Waals surface area contributed by atoms with Gasteiger partial charge in [0.2, 0.25) is 5.75 Å². The Morgan fingerprint density at radius 1 is 0.960 bits per heavy atom. The number of carbonyl (C=O) groups excluding carboxylic acids is 1. The van der Waals surface area contributed by atoms with Crippen molar-refractivity contribution in [2.75, 3.05) is 26.6 Å². The van der Waals surface area contributed by atoms with Crippen molar-refractivity contribution in [1.29, 1.82) is 0 Å². The summed E-state index contributed by atoms with van der Waals surface area (Å²) < 4.78 is 15.9. The van der Waals surface area contributed by atoms with Crippen molar-refractivity contribution < 1.29 is 19.0 Å². The number of rotatable bonds is 5. The second kappa shape index (κ2) is 7.04. The minimum absolute atomic E-state index is 0.291. The number of benzene rings is 2. The molecule has 0 spiro atoms. The van der Waals surface area contributed by atoms with E-state index in [2.05, 4.69) is 15.3 Å². The number of methoxy groups -OCH3 is 3. The molecule has 2 aromatic carbocycles. The van der Waals surface area contributed by atoms with E-state index < -0.39 is 0 Å². The SMILES string of the molecule is COc1cc(NC(=O)c2ncnc3ccccc23)cc(OC)c1OC. The van der Waals surface area contributed by atoms with Gasteiger partial charge in [0.15, 0.2) is 11.5 Å². The minimum atomic E-state index is -0.354. The Morgan fingerprint density at radius 3 is 2.28 bits per heavy atom. The van der Waals surface area contributed by atoms with Crippen LogP contribution in [0.2, 0.25) is 0 Å². The van der Waals surface area contributed by atoms with Crippen LogP contribution in [-0.4, -0.2) is 37.2 Å². The molecule has 0 unspecified atom stereocenters. The van der Waals surface area contributed by atoms with Gasteiger partial charge in [0, 0.05) is 23.2 Å². The van der Waals surface area contributed by atoms with Crippen LogP contribution in [0.4, 0.5) is 5.69 Å². The number of carbonyl (C=O) groups is 1. The van der Waals surface area contributed by atoms with Crippen LogP contribution in [0.3, 0.4) is 0 Å². The molecule has 7 nitrogen and oxygen atoms in total. The standard InChI is InChI=1S/C18H17N3O4/c1-23-14-8-11(9-15(24-2)17(14)25-3)21-18(22)16-12-6-4-5-7-13(12)19-10-20-16/h4-10H,1-3H3,(H,21,22). The van der Waals surface area contributed by atoms with Crippen molar-refractivity contribution in [1.82, 2.24) is 9.97 Å². The predicted octanol–water partition coefficient (Wildman–Crippen LogP) is 2.91. The third-order valence-corrected chi connectivity index (χ3v) is 3.68. The van der Waals surface area contributed by atoms with Gasteiger partial charge >= 0.3 is 0 Å². The molecule has 7 heteroatoms. The van der Waals surface area contributed by atoms with E-state index in [1.54, 1.807) is 18.2 Å². The number of ether oxygens (including phenoxy) is 3. The Labute approximate surface area is 144 Å². The summed E-state index contributed by atoms with van der Waals surface area (Å²) in [5, 5.41) is 3.48. The smallest absolute Gasteiger partial charge is 0.275 e. The zero-order chi connectivity index (χ0) is 17.8. The van der Waals surface area contributed by atoms with E-state index in [0.29, 0.717) is 39.5 Å². The van der Waals surface area contributed by atoms with Gasteiger partial charge < -0.3 is 19.5 Å². The number of fused-ring (bicyclic) bond motifs is 1. The third kappa shape index (κ3) is 3.16. The second-order valence-corrected chi connectivity index (χ2v) is 5.11. The number of nitrogens with zero attached hydrogens (tertiary/aromatic N) is 2. The summed E-state index contributed by atoms with van der Waals surface area (Å²) >= 11 is 0. The molecule has 0 saturated heterocycles. The van der Waals surface area contributed by atoms with Crippen LogP contribution in [0.5, 0.6) is 17.2 Å². The van der Waals surface area contributed by atoms with Gasteiger partial charge in [-0.3, -0.25) is 4.79 Å². The van der Waals surface area contributed by atoms with Crippen molar-refractivity contribution in [2.45, 2.75) is 0 Å². The molecule has 1 heterocycles. The first-order valence-electron chi connectivity index (χ1n) is 7.49. The Morgan fingerprint density at radius 2 is 1.64 bits per heavy atom. The first-order valence-corrected chi connectivity index (χ1v) is 7.49. The number of para-hydroxylation sites is 1. The lowest BCUT2D eigenvalue weighted by Crippen LogP contribution is -2.14. The van der Waals surface area contributed by atoms with Crippen molar-refractivity contribution >= 4 is 22.5 Å². The van der Waals surface area contributed by atoms with E-state index in [4.69, 9.17) is 14.2 Å². The molecule has 3 aromatic rings. The Hall–Kier alpha value is -3.35. The number of aromatic nitrogens is 2. The summed E-state index contributed by atoms with van der Waals surface area (Å²) in [6.07, 6.45) is 1.37. The molecule has 25 heavy (non-hydrogen) atoms. The normalized spacial score (nSPS) is 10.4. The fourth-order valence-corrected chi connectivity index (χ4v) is 2.53. The first kappa shape index (κ1) is 16.5. The van der Waals surface area contributed by atoms with E-state index >= 15 is 0 Å². The average molecular weight is 339 g/mol. The monoisotopic (exact) mass is 339 g/mol. The van der Waals surface area contributed by atoms with Gasteiger partial charge in [-0.05, 0) is 6.07 Å². The number of anilines is 1. The van der Waals surface area contributed by atoms with Gasteiger partial charge in [0.05, 0.1) is 26.8 Å². The molecular weight excluding hydrogens is 322 g/mol. The predicted molar refractivity (Wildman–Crippen MR) is 93.6 cm³/mol. The molecule has 1 aromatic heterocycles. The fraction of sp³-hybridized carbons (Fsp3) is 0.167. The zero-order valence-electron chi connectivity index (χ0n) is 14.1. The van der Waals surface area contributed by atoms with Gasteiger partial charge in [-0.2, -0.15) is 0 Å². The summed E-state index contributed by atoms with van der Waals surface area (Å²) in [6.45, 7) is 0. The summed E-state index contributed by atoms with van der Waals surface area (Å²) in [6, 6.07) is 10.6. The van der Waals surface area contributed by atoms with Crippen LogP contribution < -0.4 is 19.5 Å². The summed E-state index contributed by atoms with van der Waals surface area (Å²) in [5.41, 5.74) is 1.49. The van der Waals surface area contributed by atoms with Gasteiger partial charge in [-0.15, -0.1) is 0 Å². The lowest BCUT2D eigenvalue weighted by atomic mass is 10.1. The maximum absolute atomic E-state index is 12.7. The second-order valence-electron chi connectivity index (χ2n) is 5.11. The van der Waals surface area contributed by atoms with Gasteiger partial charge in [-0.25, -0.2) is 9.97 Å². The topological polar surface area (TPSA) is 82.6 Å². The summed E-state index contributed by atoms with van der Waals surface area (Å²) in [7, 11) is 4.55. The first-order chi connectivity index (χ1) is 12.2. The largest absolute Gasteiger partial charge is 0.493 e. The summed E-state index contributed by atoms with van der Waals surface area (Å²) in [5.74, 6) is 0.998. The molecule has 1 amide bonds. The number of amides is 1. The molecule has 0 saturated carbocycles. The molecule has 0 radical (unpaired) electrons. The van der Waals surface area contributed by atoms with E-state index in [-0.39, 0.29) is 5.91 Å². The lowest BCUT2D eigenvalue weighted by molar-refractivity contribution is 0.102. The molecule has 1 N–H and O–H groups in total. The van der Waals surface area contributed by atoms with Crippen LogP contribution in [0, 0.1) is 0 Å². The fourth-order valence-electron chi connectivity index (χ4n) is 2.53. The Balaban J connectivity index is 1.98. The van der Waals surface area contributed by atoms with Crippen LogP contribution >= 0.6 is 0 Å². The molecule has 0 bridgehead atoms. The van der Waals surface area contributed by atoms with Gasteiger partial charge in [0.25, 0.3) is 5.91 Å². The van der Waals surface area contributed by atoms with Crippen LogP contribution in [0.15, 0.2) is 42.7 Å². The van der Waals surface area contributed by atoms with E-state index in [9.17, 15) is 4.79 Å². The molecule has 3 rings (SSSR count). The lowest BCUT2D eigenvalue weighted by Gasteiger charge is -2.14. The minimum Gasteiger partial charge on any atom is -0.493 e. The van der Waals surface area contributed by atoms with Crippen LogP contribution in [0.1, 0.15) is 10.5 Å². The Bertz CT molecular complexity index is 897. The van der Waals surface area contributed by atoms with E-state index in [1.165, 1.54) is 27.7 Å². The highest BCUT2D eigenvalue weighted by Gasteiger charge is 2.17. The number of nitrogens with one attached hydrogen (secondary N) is 1. The van der Waals surface area contributed by atoms with Gasteiger partial charge in [0.1, 0.15) is 12.0 Å². The highest BCUT2D eigenvalue weighted by atomic mass is 16.5. The van der Waals surface area contributed by atoms with Crippen molar-refractivity contribution in [2.24, 2.45) is 0 Å². The molecule has 0 aliphatic rings. The molecule has 0 aliphatic carbocycles. The highest BCUT2D eigenvalue weighted by molar-refractivity contribution is 6.10.